The number of aryl methyl sites for hydroxylation is 2. The van der Waals surface area contributed by atoms with E-state index in [2.05, 4.69) is 76.8 Å². The Morgan fingerprint density at radius 2 is 1.89 bits per heavy atom. The van der Waals surface area contributed by atoms with Gasteiger partial charge in [-0.3, -0.25) is 9.69 Å². The van der Waals surface area contributed by atoms with Crippen LogP contribution in [0.4, 0.5) is 0 Å². The fourth-order valence-corrected chi connectivity index (χ4v) is 7.29. The lowest BCUT2D eigenvalue weighted by Crippen LogP contribution is -2.43. The molecular formula is C32H42N4O2. The molecule has 2 aliphatic heterocycles. The van der Waals surface area contributed by atoms with E-state index in [9.17, 15) is 9.90 Å². The molecule has 1 aliphatic carbocycles. The van der Waals surface area contributed by atoms with Crippen molar-refractivity contribution in [2.24, 2.45) is 11.8 Å². The quantitative estimate of drug-likeness (QED) is 0.431. The van der Waals surface area contributed by atoms with E-state index in [-0.39, 0.29) is 6.04 Å². The summed E-state index contributed by atoms with van der Waals surface area (Å²) in [5.74, 6) is 1.34. The smallest absolute Gasteiger partial charge is 0.320 e. The third-order valence-corrected chi connectivity index (χ3v) is 9.70. The number of carboxylic acid groups (broad SMARTS) is 1. The molecule has 1 N–H and O–H groups in total. The molecule has 202 valence electrons. The number of likely N-dealkylation sites (tertiary alicyclic amines) is 2. The molecule has 0 amide bonds. The molecule has 3 atom stereocenters. The Balaban J connectivity index is 1.15. The Kier molecular flexibility index (Phi) is 7.28. The van der Waals surface area contributed by atoms with Crippen LogP contribution in [-0.4, -0.2) is 69.0 Å². The van der Waals surface area contributed by atoms with Crippen molar-refractivity contribution in [2.45, 2.75) is 70.3 Å². The molecule has 0 radical (unpaired) electrons. The zero-order valence-corrected chi connectivity index (χ0v) is 22.9. The molecule has 6 rings (SSSR count). The van der Waals surface area contributed by atoms with Crippen molar-refractivity contribution in [1.82, 2.24) is 19.2 Å². The van der Waals surface area contributed by atoms with Crippen molar-refractivity contribution < 1.29 is 9.90 Å². The normalized spacial score (nSPS) is 24.6. The third kappa shape index (κ3) is 5.13. The average molecular weight is 515 g/mol. The highest BCUT2D eigenvalue weighted by atomic mass is 16.4. The van der Waals surface area contributed by atoms with Crippen molar-refractivity contribution in [1.29, 1.82) is 0 Å². The first kappa shape index (κ1) is 25.6. The molecule has 1 aromatic carbocycles. The summed E-state index contributed by atoms with van der Waals surface area (Å²) < 4.78 is 2.28. The predicted molar refractivity (Wildman–Crippen MR) is 151 cm³/mol. The molecule has 0 bridgehead atoms. The first-order valence-electron chi connectivity index (χ1n) is 14.6. The second-order valence-electron chi connectivity index (χ2n) is 12.3. The topological polar surface area (TPSA) is 61.1 Å². The molecule has 3 fully saturated rings. The summed E-state index contributed by atoms with van der Waals surface area (Å²) in [5, 5.41) is 10.2. The molecule has 2 saturated heterocycles. The van der Waals surface area contributed by atoms with Gasteiger partial charge in [0.25, 0.3) is 0 Å². The number of rotatable bonds is 8. The van der Waals surface area contributed by atoms with Crippen molar-refractivity contribution in [3.63, 3.8) is 0 Å². The third-order valence-electron chi connectivity index (χ3n) is 9.70. The van der Waals surface area contributed by atoms with E-state index in [0.717, 1.165) is 57.6 Å². The molecule has 2 aromatic heterocycles. The minimum absolute atomic E-state index is 0.345. The van der Waals surface area contributed by atoms with Crippen molar-refractivity contribution >= 4 is 11.6 Å². The molecule has 6 heteroatoms. The van der Waals surface area contributed by atoms with Gasteiger partial charge >= 0.3 is 5.97 Å². The summed E-state index contributed by atoms with van der Waals surface area (Å²) in [7, 11) is 0. The molecule has 0 spiro atoms. The molecule has 3 aliphatic rings. The number of fused-ring (bicyclic) bond motifs is 1. The van der Waals surface area contributed by atoms with Crippen LogP contribution in [-0.2, 0) is 4.79 Å². The minimum Gasteiger partial charge on any atom is -0.480 e. The van der Waals surface area contributed by atoms with Crippen molar-refractivity contribution in [2.75, 3.05) is 32.7 Å². The van der Waals surface area contributed by atoms with Crippen LogP contribution in [0.25, 0.3) is 5.65 Å². The van der Waals surface area contributed by atoms with E-state index < -0.39 is 5.97 Å². The van der Waals surface area contributed by atoms with E-state index in [1.165, 1.54) is 41.6 Å². The van der Waals surface area contributed by atoms with Gasteiger partial charge in [-0.2, -0.15) is 0 Å². The van der Waals surface area contributed by atoms with Gasteiger partial charge in [0.2, 0.25) is 0 Å². The van der Waals surface area contributed by atoms with Crippen LogP contribution < -0.4 is 0 Å². The van der Waals surface area contributed by atoms with Crippen molar-refractivity contribution in [3.8, 4) is 0 Å². The summed E-state index contributed by atoms with van der Waals surface area (Å²) in [6.45, 7) is 9.25. The number of carbonyl (C=O) groups is 1. The number of hydrogen-bond acceptors (Lipinski definition) is 4. The zero-order valence-electron chi connectivity index (χ0n) is 22.9. The highest BCUT2D eigenvalue weighted by Crippen LogP contribution is 2.39. The summed E-state index contributed by atoms with van der Waals surface area (Å²) >= 11 is 0. The lowest BCUT2D eigenvalue weighted by molar-refractivity contribution is -0.144. The molecule has 38 heavy (non-hydrogen) atoms. The number of nitrogens with zero attached hydrogens (tertiary/aromatic N) is 4. The van der Waals surface area contributed by atoms with Gasteiger partial charge in [0, 0.05) is 49.6 Å². The number of carboxylic acids is 1. The number of piperidine rings is 1. The number of hydrogen-bond donors (Lipinski definition) is 1. The zero-order chi connectivity index (χ0) is 26.2. The van der Waals surface area contributed by atoms with E-state index in [1.807, 2.05) is 0 Å². The average Bonchev–Trinajstić information content (AvgIpc) is 3.49. The Bertz CT molecular complexity index is 1270. The van der Waals surface area contributed by atoms with Crippen LogP contribution in [0.2, 0.25) is 0 Å². The molecule has 4 heterocycles. The van der Waals surface area contributed by atoms with Crippen LogP contribution >= 0.6 is 0 Å². The van der Waals surface area contributed by atoms with Gasteiger partial charge in [0.1, 0.15) is 11.7 Å². The van der Waals surface area contributed by atoms with Gasteiger partial charge in [0.15, 0.2) is 0 Å². The highest BCUT2D eigenvalue weighted by molar-refractivity contribution is 5.73. The summed E-state index contributed by atoms with van der Waals surface area (Å²) in [5.41, 5.74) is 6.30. The van der Waals surface area contributed by atoms with E-state index in [4.69, 9.17) is 4.98 Å². The van der Waals surface area contributed by atoms with E-state index >= 15 is 0 Å². The Morgan fingerprint density at radius 1 is 1.08 bits per heavy atom. The molecular weight excluding hydrogens is 472 g/mol. The molecule has 1 saturated carbocycles. The fourth-order valence-electron chi connectivity index (χ4n) is 7.29. The first-order valence-corrected chi connectivity index (χ1v) is 14.6. The summed E-state index contributed by atoms with van der Waals surface area (Å²) in [6.07, 6.45) is 11.0. The van der Waals surface area contributed by atoms with Crippen LogP contribution in [0.5, 0.6) is 0 Å². The lowest BCUT2D eigenvalue weighted by atomic mass is 9.80. The largest absolute Gasteiger partial charge is 0.480 e. The van der Waals surface area contributed by atoms with Crippen LogP contribution in [0.1, 0.15) is 72.7 Å². The maximum atomic E-state index is 12.4. The maximum Gasteiger partial charge on any atom is 0.320 e. The van der Waals surface area contributed by atoms with Gasteiger partial charge in [0.05, 0.1) is 0 Å². The SMILES string of the molecule is Cc1cccc(C2CN(C(CC3CCC3)C(=O)O)CC2CN2CCC(c3cnc4c(C)cccn34)CC2)c1. The number of pyridine rings is 1. The second kappa shape index (κ2) is 10.8. The first-order chi connectivity index (χ1) is 18.5. The fraction of sp³-hybridized carbons (Fsp3) is 0.562. The minimum atomic E-state index is -0.635. The highest BCUT2D eigenvalue weighted by Gasteiger charge is 2.41. The standard InChI is InChI=1S/C32H42N4O2/c1-22-6-3-10-26(16-22)28-21-35(29(32(37)38)17-24-8-4-9-24)20-27(28)19-34-14-11-25(12-15-34)30-18-33-31-23(2)7-5-13-36(30)31/h3,5-7,10,13,16,18,24-25,27-29H,4,8-9,11-12,14-15,17,19-21H2,1-2H3,(H,37,38). The van der Waals surface area contributed by atoms with Crippen LogP contribution in [0.15, 0.2) is 48.8 Å². The molecule has 3 aromatic rings. The second-order valence-corrected chi connectivity index (χ2v) is 12.3. The Labute approximate surface area is 226 Å². The maximum absolute atomic E-state index is 12.4. The van der Waals surface area contributed by atoms with Gasteiger partial charge < -0.3 is 14.4 Å². The van der Waals surface area contributed by atoms with Gasteiger partial charge in [-0.15, -0.1) is 0 Å². The Hall–Kier alpha value is -2.70. The van der Waals surface area contributed by atoms with Gasteiger partial charge in [-0.25, -0.2) is 4.98 Å². The van der Waals surface area contributed by atoms with Crippen LogP contribution in [0.3, 0.4) is 0 Å². The van der Waals surface area contributed by atoms with Gasteiger partial charge in [-0.1, -0.05) is 55.2 Å². The Morgan fingerprint density at radius 3 is 2.61 bits per heavy atom. The number of aromatic nitrogens is 2. The number of aliphatic carboxylic acids is 1. The number of benzene rings is 1. The predicted octanol–water partition coefficient (Wildman–Crippen LogP) is 5.49. The monoisotopic (exact) mass is 514 g/mol. The summed E-state index contributed by atoms with van der Waals surface area (Å²) in [4.78, 5) is 22.0. The van der Waals surface area contributed by atoms with E-state index in [1.54, 1.807) is 0 Å². The van der Waals surface area contributed by atoms with Crippen molar-refractivity contribution in [3.05, 3.63) is 71.2 Å². The van der Waals surface area contributed by atoms with E-state index in [0.29, 0.717) is 23.7 Å². The lowest BCUT2D eigenvalue weighted by Gasteiger charge is -2.35. The summed E-state index contributed by atoms with van der Waals surface area (Å²) in [6, 6.07) is 12.8. The van der Waals surface area contributed by atoms with Gasteiger partial charge in [-0.05, 0) is 75.2 Å². The molecule has 6 nitrogen and oxygen atoms in total. The molecule has 3 unspecified atom stereocenters. The number of imidazole rings is 1. The van der Waals surface area contributed by atoms with Crippen LogP contribution in [0, 0.1) is 25.7 Å².